The van der Waals surface area contributed by atoms with Gasteiger partial charge in [-0.25, -0.2) is 4.98 Å². The Morgan fingerprint density at radius 2 is 1.85 bits per heavy atom. The van der Waals surface area contributed by atoms with Gasteiger partial charge in [0.15, 0.2) is 0 Å². The highest BCUT2D eigenvalue weighted by Crippen LogP contribution is 2.19. The van der Waals surface area contributed by atoms with Crippen molar-refractivity contribution in [3.63, 3.8) is 0 Å². The second kappa shape index (κ2) is 8.05. The fraction of sp³-hybridized carbons (Fsp3) is 0.105. The van der Waals surface area contributed by atoms with E-state index in [4.69, 9.17) is 0 Å². The first-order valence-electron chi connectivity index (χ1n) is 8.19. The second-order valence-electron chi connectivity index (χ2n) is 5.85. The summed E-state index contributed by atoms with van der Waals surface area (Å²) in [6, 6.07) is 14.3. The van der Waals surface area contributed by atoms with Crippen molar-refractivity contribution in [1.82, 2.24) is 9.97 Å². The molecule has 1 aromatic heterocycles. The number of hydrogen-bond acceptors (Lipinski definition) is 6. The molecule has 0 saturated carbocycles. The van der Waals surface area contributed by atoms with Gasteiger partial charge in [-0.3, -0.25) is 15.2 Å². The van der Waals surface area contributed by atoms with E-state index in [1.807, 2.05) is 31.2 Å². The molecular weight excluding hydrogens is 344 g/mol. The number of aryl methyl sites for hydroxylation is 2. The van der Waals surface area contributed by atoms with Crippen molar-refractivity contribution in [2.24, 2.45) is 15.3 Å². The van der Waals surface area contributed by atoms with Crippen molar-refractivity contribution in [2.75, 3.05) is 5.43 Å². The van der Waals surface area contributed by atoms with E-state index in [2.05, 4.69) is 30.7 Å². The van der Waals surface area contributed by atoms with Crippen LogP contribution >= 0.6 is 0 Å². The zero-order valence-corrected chi connectivity index (χ0v) is 14.8. The van der Waals surface area contributed by atoms with Crippen LogP contribution in [0.3, 0.4) is 0 Å². The summed E-state index contributed by atoms with van der Waals surface area (Å²) in [5.41, 5.74) is 5.33. The van der Waals surface area contributed by atoms with Crippen molar-refractivity contribution in [1.29, 1.82) is 0 Å². The summed E-state index contributed by atoms with van der Waals surface area (Å²) in [4.78, 5) is 18.2. The van der Waals surface area contributed by atoms with Crippen molar-refractivity contribution in [3.05, 3.63) is 81.8 Å². The standard InChI is InChI=1S/C19H18N6O2/c1-12-7-9-14(10-8-12)22-23-17(15-5-3-4-6-16(15)26)24-25-19-20-11-13(2)18(27)21-19/h3-11,22,26H,1-2H3,(H,20,21,27)/b23-17+,25-24?. The third kappa shape index (κ3) is 4.63. The molecule has 136 valence electrons. The number of aromatic hydroxyl groups is 1. The molecule has 0 aliphatic rings. The highest BCUT2D eigenvalue weighted by Gasteiger charge is 2.09. The first-order valence-corrected chi connectivity index (χ1v) is 8.19. The average Bonchev–Trinajstić information content (AvgIpc) is 2.67. The van der Waals surface area contributed by atoms with Crippen molar-refractivity contribution >= 4 is 17.5 Å². The van der Waals surface area contributed by atoms with Crippen LogP contribution in [0.25, 0.3) is 0 Å². The number of hydrazone groups is 1. The minimum Gasteiger partial charge on any atom is -0.507 e. The van der Waals surface area contributed by atoms with Crippen molar-refractivity contribution < 1.29 is 5.11 Å². The molecule has 0 unspecified atom stereocenters. The van der Waals surface area contributed by atoms with Crippen LogP contribution in [-0.2, 0) is 0 Å². The van der Waals surface area contributed by atoms with E-state index in [0.29, 0.717) is 11.1 Å². The van der Waals surface area contributed by atoms with Gasteiger partial charge < -0.3 is 5.11 Å². The SMILES string of the molecule is Cc1ccc(N/N=C(/N=Nc2ncc(C)c(=O)[nH]2)c2ccccc2O)cc1. The maximum Gasteiger partial charge on any atom is 0.255 e. The van der Waals surface area contributed by atoms with E-state index in [0.717, 1.165) is 11.3 Å². The van der Waals surface area contributed by atoms with Crippen LogP contribution in [0.4, 0.5) is 11.6 Å². The summed E-state index contributed by atoms with van der Waals surface area (Å²) >= 11 is 0. The van der Waals surface area contributed by atoms with E-state index in [9.17, 15) is 9.90 Å². The smallest absolute Gasteiger partial charge is 0.255 e. The van der Waals surface area contributed by atoms with Crippen molar-refractivity contribution in [3.8, 4) is 5.75 Å². The molecule has 2 aromatic carbocycles. The summed E-state index contributed by atoms with van der Waals surface area (Å²) in [7, 11) is 0. The van der Waals surface area contributed by atoms with Crippen LogP contribution < -0.4 is 11.0 Å². The van der Waals surface area contributed by atoms with Gasteiger partial charge in [0, 0.05) is 11.8 Å². The number of phenolic OH excluding ortho intramolecular Hbond substituents is 1. The zero-order chi connectivity index (χ0) is 19.2. The molecule has 0 amide bonds. The minimum absolute atomic E-state index is 0.00580. The van der Waals surface area contributed by atoms with E-state index in [1.165, 1.54) is 12.3 Å². The Bertz CT molecular complexity index is 1050. The number of aromatic nitrogens is 2. The van der Waals surface area contributed by atoms with Crippen LogP contribution in [0.15, 0.2) is 74.9 Å². The molecule has 0 aliphatic carbocycles. The number of amidine groups is 1. The summed E-state index contributed by atoms with van der Waals surface area (Å²) in [6.07, 6.45) is 1.41. The second-order valence-corrected chi connectivity index (χ2v) is 5.85. The maximum atomic E-state index is 11.7. The molecule has 3 rings (SSSR count). The number of rotatable bonds is 4. The summed E-state index contributed by atoms with van der Waals surface area (Å²) < 4.78 is 0. The van der Waals surface area contributed by atoms with Crippen LogP contribution in [0, 0.1) is 13.8 Å². The van der Waals surface area contributed by atoms with Gasteiger partial charge in [-0.1, -0.05) is 29.8 Å². The number of phenols is 1. The Labute approximate surface area is 155 Å². The van der Waals surface area contributed by atoms with Gasteiger partial charge in [0.1, 0.15) is 5.75 Å². The van der Waals surface area contributed by atoms with E-state index >= 15 is 0 Å². The molecule has 8 nitrogen and oxygen atoms in total. The Hall–Kier alpha value is -3.81. The maximum absolute atomic E-state index is 11.7. The third-order valence-electron chi connectivity index (χ3n) is 3.69. The van der Waals surface area contributed by atoms with Gasteiger partial charge in [0.2, 0.25) is 11.8 Å². The Kier molecular flexibility index (Phi) is 5.36. The molecule has 0 radical (unpaired) electrons. The number of H-pyrrole nitrogens is 1. The molecule has 8 heteroatoms. The number of anilines is 1. The Balaban J connectivity index is 1.94. The lowest BCUT2D eigenvalue weighted by Crippen LogP contribution is -2.09. The number of hydrogen-bond donors (Lipinski definition) is 3. The average molecular weight is 362 g/mol. The van der Waals surface area contributed by atoms with Gasteiger partial charge in [0.25, 0.3) is 5.56 Å². The molecule has 0 spiro atoms. The molecule has 0 fully saturated rings. The molecule has 3 N–H and O–H groups in total. The monoisotopic (exact) mass is 362 g/mol. The molecule has 3 aromatic rings. The predicted octanol–water partition coefficient (Wildman–Crippen LogP) is 3.65. The topological polar surface area (TPSA) is 115 Å². The number of aromatic amines is 1. The number of benzene rings is 2. The summed E-state index contributed by atoms with van der Waals surface area (Å²) in [6.45, 7) is 3.64. The van der Waals surface area contributed by atoms with Gasteiger partial charge in [0.05, 0.1) is 11.3 Å². The summed E-state index contributed by atoms with van der Waals surface area (Å²) in [5, 5.41) is 22.3. The Morgan fingerprint density at radius 1 is 1.11 bits per heavy atom. The molecule has 1 heterocycles. The van der Waals surface area contributed by atoms with Crippen molar-refractivity contribution in [2.45, 2.75) is 13.8 Å². The zero-order valence-electron chi connectivity index (χ0n) is 14.8. The lowest BCUT2D eigenvalue weighted by molar-refractivity contribution is 0.474. The van der Waals surface area contributed by atoms with E-state index < -0.39 is 0 Å². The first-order chi connectivity index (χ1) is 13.0. The van der Waals surface area contributed by atoms with Gasteiger partial charge in [-0.15, -0.1) is 10.2 Å². The van der Waals surface area contributed by atoms with Gasteiger partial charge in [-0.2, -0.15) is 5.10 Å². The third-order valence-corrected chi connectivity index (χ3v) is 3.69. The van der Waals surface area contributed by atoms with Crippen LogP contribution in [-0.4, -0.2) is 20.9 Å². The molecule has 0 aliphatic heterocycles. The molecular formula is C19H18N6O2. The number of nitrogens with one attached hydrogen (secondary N) is 2. The highest BCUT2D eigenvalue weighted by molar-refractivity contribution is 6.01. The number of azo groups is 1. The minimum atomic E-state index is -0.294. The van der Waals surface area contributed by atoms with E-state index in [-0.39, 0.29) is 23.1 Å². The lowest BCUT2D eigenvalue weighted by atomic mass is 10.2. The fourth-order valence-electron chi connectivity index (χ4n) is 2.14. The molecule has 27 heavy (non-hydrogen) atoms. The number of nitrogens with zero attached hydrogens (tertiary/aromatic N) is 4. The molecule has 0 saturated heterocycles. The van der Waals surface area contributed by atoms with Crippen LogP contribution in [0.2, 0.25) is 0 Å². The van der Waals surface area contributed by atoms with Crippen LogP contribution in [0.1, 0.15) is 16.7 Å². The Morgan fingerprint density at radius 3 is 2.56 bits per heavy atom. The first kappa shape index (κ1) is 18.0. The van der Waals surface area contributed by atoms with E-state index in [1.54, 1.807) is 25.1 Å². The fourth-order valence-corrected chi connectivity index (χ4v) is 2.14. The quantitative estimate of drug-likeness (QED) is 0.284. The number of para-hydroxylation sites is 1. The van der Waals surface area contributed by atoms with Crippen LogP contribution in [0.5, 0.6) is 5.75 Å². The largest absolute Gasteiger partial charge is 0.507 e. The summed E-state index contributed by atoms with van der Waals surface area (Å²) in [5.74, 6) is 0.187. The lowest BCUT2D eigenvalue weighted by Gasteiger charge is -2.05. The molecule has 0 atom stereocenters. The predicted molar refractivity (Wildman–Crippen MR) is 104 cm³/mol. The normalized spacial score (nSPS) is 11.7. The highest BCUT2D eigenvalue weighted by atomic mass is 16.3. The van der Waals surface area contributed by atoms with Gasteiger partial charge >= 0.3 is 0 Å². The van der Waals surface area contributed by atoms with Gasteiger partial charge in [-0.05, 0) is 38.1 Å². The molecule has 0 bridgehead atoms.